The summed E-state index contributed by atoms with van der Waals surface area (Å²) in [6.07, 6.45) is 5.14. The lowest BCUT2D eigenvalue weighted by Gasteiger charge is -2.33. The van der Waals surface area contributed by atoms with Gasteiger partial charge in [0, 0.05) is 17.6 Å². The van der Waals surface area contributed by atoms with E-state index in [1.807, 2.05) is 38.1 Å². The maximum Gasteiger partial charge on any atom is 0.264 e. The zero-order valence-electron chi connectivity index (χ0n) is 23.8. The summed E-state index contributed by atoms with van der Waals surface area (Å²) in [5, 5.41) is 3.57. The van der Waals surface area contributed by atoms with Crippen LogP contribution in [0.4, 0.5) is 5.69 Å². The van der Waals surface area contributed by atoms with Crippen LogP contribution >= 0.6 is 11.6 Å². The highest BCUT2D eigenvalue weighted by molar-refractivity contribution is 7.92. The maximum atomic E-state index is 14.0. The summed E-state index contributed by atoms with van der Waals surface area (Å²) in [4.78, 5) is 29.0. The molecule has 0 bridgehead atoms. The molecule has 1 unspecified atom stereocenters. The smallest absolute Gasteiger partial charge is 0.264 e. The summed E-state index contributed by atoms with van der Waals surface area (Å²) in [5.41, 5.74) is 3.14. The summed E-state index contributed by atoms with van der Waals surface area (Å²) in [6, 6.07) is 19.8. The van der Waals surface area contributed by atoms with Crippen molar-refractivity contribution >= 4 is 39.1 Å². The Labute approximate surface area is 248 Å². The van der Waals surface area contributed by atoms with E-state index in [4.69, 9.17) is 11.6 Å². The van der Waals surface area contributed by atoms with Crippen LogP contribution in [0.2, 0.25) is 5.02 Å². The van der Waals surface area contributed by atoms with Gasteiger partial charge in [0.05, 0.1) is 10.6 Å². The highest BCUT2D eigenvalue weighted by atomic mass is 35.5. The Bertz CT molecular complexity index is 1440. The van der Waals surface area contributed by atoms with E-state index in [0.717, 1.165) is 53.1 Å². The number of benzene rings is 3. The van der Waals surface area contributed by atoms with Crippen molar-refractivity contribution in [2.75, 3.05) is 10.8 Å². The fraction of sp³-hybridized carbons (Fsp3) is 0.375. The van der Waals surface area contributed by atoms with Crippen LogP contribution in [0, 0.1) is 13.8 Å². The topological polar surface area (TPSA) is 86.8 Å². The Kier molecular flexibility index (Phi) is 10.1. The molecule has 4 rings (SSSR count). The third-order valence-corrected chi connectivity index (χ3v) is 9.63. The Balaban J connectivity index is 1.66. The molecule has 1 fully saturated rings. The van der Waals surface area contributed by atoms with E-state index in [0.29, 0.717) is 10.7 Å². The van der Waals surface area contributed by atoms with Crippen LogP contribution in [0.5, 0.6) is 0 Å². The molecule has 1 atom stereocenters. The van der Waals surface area contributed by atoms with E-state index >= 15 is 0 Å². The van der Waals surface area contributed by atoms with Crippen molar-refractivity contribution in [3.05, 3.63) is 94.5 Å². The third kappa shape index (κ3) is 7.89. The standard InChI is InChI=1S/C32H38ClN3O4S/c1-23-9-13-26(14-10-23)21-35(25(3)32(38)34-28-7-5-4-6-8-28)31(37)22-36(29-17-15-27(33)16-18-29)41(39,40)30-19-11-24(2)12-20-30/h9-20,25,28H,4-8,21-22H2,1-3H3,(H,34,38). The van der Waals surface area contributed by atoms with Gasteiger partial charge in [0.2, 0.25) is 11.8 Å². The minimum Gasteiger partial charge on any atom is -0.352 e. The monoisotopic (exact) mass is 595 g/mol. The van der Waals surface area contributed by atoms with E-state index < -0.39 is 28.5 Å². The molecule has 7 nitrogen and oxygen atoms in total. The number of nitrogens with zero attached hydrogens (tertiary/aromatic N) is 2. The van der Waals surface area contributed by atoms with Crippen molar-refractivity contribution in [1.29, 1.82) is 0 Å². The van der Waals surface area contributed by atoms with Gasteiger partial charge in [-0.1, -0.05) is 78.4 Å². The third-order valence-electron chi connectivity index (χ3n) is 7.59. The van der Waals surface area contributed by atoms with Gasteiger partial charge in [0.25, 0.3) is 10.0 Å². The maximum absolute atomic E-state index is 14.0. The Morgan fingerprint density at radius 3 is 2.02 bits per heavy atom. The number of carbonyl (C=O) groups excluding carboxylic acids is 2. The average Bonchev–Trinajstić information content (AvgIpc) is 2.96. The highest BCUT2D eigenvalue weighted by Crippen LogP contribution is 2.26. The van der Waals surface area contributed by atoms with Crippen molar-refractivity contribution in [2.24, 2.45) is 0 Å². The largest absolute Gasteiger partial charge is 0.352 e. The number of carbonyl (C=O) groups is 2. The number of aryl methyl sites for hydroxylation is 2. The first-order valence-electron chi connectivity index (χ1n) is 14.0. The first-order chi connectivity index (χ1) is 19.5. The van der Waals surface area contributed by atoms with Crippen LogP contribution in [-0.2, 0) is 26.2 Å². The molecule has 1 saturated carbocycles. The molecule has 0 spiro atoms. The second-order valence-corrected chi connectivity index (χ2v) is 13.1. The van der Waals surface area contributed by atoms with E-state index in [-0.39, 0.29) is 23.4 Å². The van der Waals surface area contributed by atoms with Gasteiger partial charge in [-0.3, -0.25) is 13.9 Å². The van der Waals surface area contributed by atoms with Gasteiger partial charge in [-0.2, -0.15) is 0 Å². The summed E-state index contributed by atoms with van der Waals surface area (Å²) in [5.74, 6) is -0.723. The molecular weight excluding hydrogens is 558 g/mol. The second-order valence-electron chi connectivity index (χ2n) is 10.8. The van der Waals surface area contributed by atoms with Crippen molar-refractivity contribution in [1.82, 2.24) is 10.2 Å². The predicted molar refractivity (Wildman–Crippen MR) is 163 cm³/mol. The molecule has 9 heteroatoms. The minimum atomic E-state index is -4.12. The molecule has 3 aromatic carbocycles. The van der Waals surface area contributed by atoms with Crippen LogP contribution in [0.25, 0.3) is 0 Å². The van der Waals surface area contributed by atoms with Gasteiger partial charge in [-0.15, -0.1) is 0 Å². The Hall–Kier alpha value is -3.36. The molecule has 218 valence electrons. The van der Waals surface area contributed by atoms with Crippen molar-refractivity contribution in [2.45, 2.75) is 76.4 Å². The lowest BCUT2D eigenvalue weighted by molar-refractivity contribution is -0.139. The Morgan fingerprint density at radius 2 is 1.44 bits per heavy atom. The number of hydrogen-bond acceptors (Lipinski definition) is 4. The summed E-state index contributed by atoms with van der Waals surface area (Å²) in [7, 11) is -4.12. The molecule has 1 aliphatic rings. The first kappa shape index (κ1) is 30.6. The van der Waals surface area contributed by atoms with E-state index in [1.165, 1.54) is 17.0 Å². The van der Waals surface area contributed by atoms with Gasteiger partial charge in [0.15, 0.2) is 0 Å². The van der Waals surface area contributed by atoms with Gasteiger partial charge >= 0.3 is 0 Å². The minimum absolute atomic E-state index is 0.0685. The van der Waals surface area contributed by atoms with Gasteiger partial charge < -0.3 is 10.2 Å². The molecule has 0 heterocycles. The fourth-order valence-corrected chi connectivity index (χ4v) is 6.56. The molecule has 0 saturated heterocycles. The molecule has 0 radical (unpaired) electrons. The van der Waals surface area contributed by atoms with Crippen LogP contribution in [-0.4, -0.2) is 43.8 Å². The lowest BCUT2D eigenvalue weighted by atomic mass is 9.95. The molecular formula is C32H38ClN3O4S. The zero-order valence-corrected chi connectivity index (χ0v) is 25.4. The number of sulfonamides is 1. The second kappa shape index (κ2) is 13.5. The number of amides is 2. The fourth-order valence-electron chi connectivity index (χ4n) is 5.02. The number of rotatable bonds is 10. The number of nitrogens with one attached hydrogen (secondary N) is 1. The van der Waals surface area contributed by atoms with Gasteiger partial charge in [-0.25, -0.2) is 8.42 Å². The molecule has 1 aliphatic carbocycles. The van der Waals surface area contributed by atoms with Crippen LogP contribution in [0.15, 0.2) is 77.7 Å². The number of halogens is 1. The lowest BCUT2D eigenvalue weighted by Crippen LogP contribution is -2.53. The SMILES string of the molecule is Cc1ccc(CN(C(=O)CN(c2ccc(Cl)cc2)S(=O)(=O)c2ccc(C)cc2)C(C)C(=O)NC2CCCCC2)cc1. The molecule has 2 amide bonds. The van der Waals surface area contributed by atoms with Gasteiger partial charge in [0.1, 0.15) is 12.6 Å². The normalized spacial score (nSPS) is 14.7. The van der Waals surface area contributed by atoms with Crippen molar-refractivity contribution < 1.29 is 18.0 Å². The zero-order chi connectivity index (χ0) is 29.6. The molecule has 0 aromatic heterocycles. The summed E-state index contributed by atoms with van der Waals surface area (Å²) >= 11 is 6.09. The summed E-state index contributed by atoms with van der Waals surface area (Å²) < 4.78 is 28.9. The Morgan fingerprint density at radius 1 is 0.878 bits per heavy atom. The van der Waals surface area contributed by atoms with Crippen molar-refractivity contribution in [3.63, 3.8) is 0 Å². The number of anilines is 1. The average molecular weight is 596 g/mol. The predicted octanol–water partition coefficient (Wildman–Crippen LogP) is 6.02. The van der Waals surface area contributed by atoms with E-state index in [9.17, 15) is 18.0 Å². The van der Waals surface area contributed by atoms with Gasteiger partial charge in [-0.05, 0) is 75.6 Å². The molecule has 41 heavy (non-hydrogen) atoms. The van der Waals surface area contributed by atoms with E-state index in [2.05, 4.69) is 5.32 Å². The first-order valence-corrected chi connectivity index (χ1v) is 15.9. The van der Waals surface area contributed by atoms with Crippen LogP contribution < -0.4 is 9.62 Å². The molecule has 1 N–H and O–H groups in total. The quantitative estimate of drug-likeness (QED) is 0.311. The molecule has 3 aromatic rings. The van der Waals surface area contributed by atoms with E-state index in [1.54, 1.807) is 43.3 Å². The highest BCUT2D eigenvalue weighted by Gasteiger charge is 2.33. The molecule has 0 aliphatic heterocycles. The van der Waals surface area contributed by atoms with Crippen molar-refractivity contribution in [3.8, 4) is 0 Å². The summed E-state index contributed by atoms with van der Waals surface area (Å²) in [6.45, 7) is 5.24. The number of hydrogen-bond donors (Lipinski definition) is 1. The van der Waals surface area contributed by atoms with Crippen LogP contribution in [0.3, 0.4) is 0 Å². The van der Waals surface area contributed by atoms with Crippen LogP contribution in [0.1, 0.15) is 55.7 Å².